The third kappa shape index (κ3) is 4.46. The van der Waals surface area contributed by atoms with Crippen LogP contribution in [0.2, 0.25) is 5.02 Å². The number of benzene rings is 2. The first-order valence-electron chi connectivity index (χ1n) is 8.53. The van der Waals surface area contributed by atoms with Gasteiger partial charge in [-0.3, -0.25) is 4.79 Å². The van der Waals surface area contributed by atoms with Crippen LogP contribution >= 0.6 is 27.5 Å². The van der Waals surface area contributed by atoms with Crippen molar-refractivity contribution in [3.05, 3.63) is 68.7 Å². The number of hydrogen-bond donors (Lipinski definition) is 1. The van der Waals surface area contributed by atoms with Gasteiger partial charge in [-0.15, -0.1) is 0 Å². The van der Waals surface area contributed by atoms with Crippen LogP contribution in [0.4, 0.5) is 0 Å². The number of halogens is 2. The van der Waals surface area contributed by atoms with Gasteiger partial charge < -0.3 is 14.7 Å². The zero-order valence-electron chi connectivity index (χ0n) is 14.5. The van der Waals surface area contributed by atoms with Crippen molar-refractivity contribution >= 4 is 33.4 Å². The van der Waals surface area contributed by atoms with Crippen LogP contribution in [-0.2, 0) is 16.0 Å². The fourth-order valence-corrected chi connectivity index (χ4v) is 4.34. The Labute approximate surface area is 166 Å². The molecule has 138 valence electrons. The van der Waals surface area contributed by atoms with Crippen molar-refractivity contribution in [1.29, 1.82) is 0 Å². The van der Waals surface area contributed by atoms with E-state index in [1.807, 2.05) is 37.3 Å². The first kappa shape index (κ1) is 19.4. The number of rotatable bonds is 4. The second kappa shape index (κ2) is 8.53. The van der Waals surface area contributed by atoms with Gasteiger partial charge in [-0.25, -0.2) is 0 Å². The summed E-state index contributed by atoms with van der Waals surface area (Å²) >= 11 is 9.64. The van der Waals surface area contributed by atoms with Gasteiger partial charge in [0.1, 0.15) is 0 Å². The van der Waals surface area contributed by atoms with Crippen LogP contribution in [0, 0.1) is 6.92 Å². The summed E-state index contributed by atoms with van der Waals surface area (Å²) in [5.74, 6) is -0.281. The SMILES string of the molecule is Cc1cc(Cl)cc(Br)c1CC1CN(C(=O)C(O)c2ccccc2)CCO1. The molecule has 6 heteroatoms. The molecular weight excluding hydrogens is 418 g/mol. The van der Waals surface area contributed by atoms with Crippen LogP contribution in [0.3, 0.4) is 0 Å². The summed E-state index contributed by atoms with van der Waals surface area (Å²) in [7, 11) is 0. The largest absolute Gasteiger partial charge is 0.378 e. The summed E-state index contributed by atoms with van der Waals surface area (Å²) in [6.45, 7) is 3.41. The number of aryl methyl sites for hydroxylation is 1. The van der Waals surface area contributed by atoms with Crippen LogP contribution in [0.5, 0.6) is 0 Å². The number of aliphatic hydroxyl groups is 1. The molecule has 3 rings (SSSR count). The summed E-state index contributed by atoms with van der Waals surface area (Å²) in [6, 6.07) is 12.8. The molecule has 1 N–H and O–H groups in total. The van der Waals surface area contributed by atoms with E-state index >= 15 is 0 Å². The first-order valence-corrected chi connectivity index (χ1v) is 9.70. The lowest BCUT2D eigenvalue weighted by atomic mass is 10.0. The van der Waals surface area contributed by atoms with Gasteiger partial charge in [0, 0.05) is 29.0 Å². The zero-order chi connectivity index (χ0) is 18.7. The van der Waals surface area contributed by atoms with Crippen LogP contribution in [0.25, 0.3) is 0 Å². The lowest BCUT2D eigenvalue weighted by Crippen LogP contribution is -2.48. The smallest absolute Gasteiger partial charge is 0.256 e. The summed E-state index contributed by atoms with van der Waals surface area (Å²) in [5, 5.41) is 11.1. The van der Waals surface area contributed by atoms with Gasteiger partial charge in [0.25, 0.3) is 5.91 Å². The van der Waals surface area contributed by atoms with E-state index in [4.69, 9.17) is 16.3 Å². The predicted octanol–water partition coefficient (Wildman–Crippen LogP) is 3.91. The minimum absolute atomic E-state index is 0.119. The van der Waals surface area contributed by atoms with Crippen molar-refractivity contribution in [2.75, 3.05) is 19.7 Å². The molecule has 0 aromatic heterocycles. The lowest BCUT2D eigenvalue weighted by Gasteiger charge is -2.34. The van der Waals surface area contributed by atoms with Crippen molar-refractivity contribution in [1.82, 2.24) is 4.90 Å². The Bertz CT molecular complexity index is 761. The van der Waals surface area contributed by atoms with E-state index in [1.165, 1.54) is 0 Å². The molecule has 1 saturated heterocycles. The highest BCUT2D eigenvalue weighted by Gasteiger charge is 2.29. The number of aliphatic hydroxyl groups excluding tert-OH is 1. The number of carbonyl (C=O) groups is 1. The van der Waals surface area contributed by atoms with E-state index in [1.54, 1.807) is 17.0 Å². The highest BCUT2D eigenvalue weighted by atomic mass is 79.9. The number of carbonyl (C=O) groups excluding carboxylic acids is 1. The molecule has 0 radical (unpaired) electrons. The maximum atomic E-state index is 12.7. The normalized spacial score (nSPS) is 18.6. The van der Waals surface area contributed by atoms with Gasteiger partial charge in [0.05, 0.1) is 12.7 Å². The standard InChI is InChI=1S/C20H21BrClNO3/c1-13-9-15(22)10-18(21)17(13)11-16-12-23(7-8-26-16)20(25)19(24)14-5-3-2-4-6-14/h2-6,9-10,16,19,24H,7-8,11-12H2,1H3. The molecule has 0 saturated carbocycles. The van der Waals surface area contributed by atoms with E-state index in [0.29, 0.717) is 36.7 Å². The third-order valence-corrected chi connectivity index (χ3v) is 5.54. The number of morpholine rings is 1. The molecule has 2 atom stereocenters. The molecular formula is C20H21BrClNO3. The van der Waals surface area contributed by atoms with Gasteiger partial charge in [-0.2, -0.15) is 0 Å². The average molecular weight is 439 g/mol. The Morgan fingerprint density at radius 3 is 2.81 bits per heavy atom. The van der Waals surface area contributed by atoms with Crippen molar-refractivity contribution in [3.8, 4) is 0 Å². The van der Waals surface area contributed by atoms with Crippen LogP contribution < -0.4 is 0 Å². The molecule has 1 amide bonds. The van der Waals surface area contributed by atoms with E-state index in [0.717, 1.165) is 15.6 Å². The Balaban J connectivity index is 1.69. The number of amides is 1. The number of ether oxygens (including phenoxy) is 1. The number of hydrogen-bond acceptors (Lipinski definition) is 3. The van der Waals surface area contributed by atoms with Crippen LogP contribution in [-0.4, -0.2) is 41.7 Å². The number of nitrogens with zero attached hydrogens (tertiary/aromatic N) is 1. The third-order valence-electron chi connectivity index (χ3n) is 4.61. The van der Waals surface area contributed by atoms with Gasteiger partial charge >= 0.3 is 0 Å². The summed E-state index contributed by atoms with van der Waals surface area (Å²) < 4.78 is 6.80. The lowest BCUT2D eigenvalue weighted by molar-refractivity contribution is -0.148. The molecule has 2 aromatic rings. The van der Waals surface area contributed by atoms with Gasteiger partial charge in [-0.1, -0.05) is 57.9 Å². The quantitative estimate of drug-likeness (QED) is 0.787. The summed E-state index contributed by atoms with van der Waals surface area (Å²) in [4.78, 5) is 14.4. The molecule has 0 bridgehead atoms. The minimum Gasteiger partial charge on any atom is -0.378 e. The Hall–Kier alpha value is -1.40. The monoisotopic (exact) mass is 437 g/mol. The molecule has 1 fully saturated rings. The highest BCUT2D eigenvalue weighted by molar-refractivity contribution is 9.10. The van der Waals surface area contributed by atoms with Crippen molar-refractivity contribution < 1.29 is 14.6 Å². The molecule has 26 heavy (non-hydrogen) atoms. The molecule has 0 spiro atoms. The van der Waals surface area contributed by atoms with Gasteiger partial charge in [-0.05, 0) is 35.7 Å². The topological polar surface area (TPSA) is 49.8 Å². The molecule has 1 aliphatic heterocycles. The van der Waals surface area contributed by atoms with Gasteiger partial charge in [0.15, 0.2) is 6.10 Å². The minimum atomic E-state index is -1.14. The predicted molar refractivity (Wildman–Crippen MR) is 105 cm³/mol. The van der Waals surface area contributed by atoms with Crippen LogP contribution in [0.1, 0.15) is 22.8 Å². The highest BCUT2D eigenvalue weighted by Crippen LogP contribution is 2.28. The Kier molecular flexibility index (Phi) is 6.35. The van der Waals surface area contributed by atoms with E-state index in [2.05, 4.69) is 15.9 Å². The first-order chi connectivity index (χ1) is 12.5. The van der Waals surface area contributed by atoms with Crippen LogP contribution in [0.15, 0.2) is 46.9 Å². The fourth-order valence-electron chi connectivity index (χ4n) is 3.21. The van der Waals surface area contributed by atoms with Crippen molar-refractivity contribution in [3.63, 3.8) is 0 Å². The summed E-state index contributed by atoms with van der Waals surface area (Å²) in [5.41, 5.74) is 2.81. The fraction of sp³-hybridized carbons (Fsp3) is 0.350. The molecule has 0 aliphatic carbocycles. The second-order valence-electron chi connectivity index (χ2n) is 6.48. The molecule has 4 nitrogen and oxygen atoms in total. The van der Waals surface area contributed by atoms with E-state index < -0.39 is 6.10 Å². The molecule has 1 aliphatic rings. The Morgan fingerprint density at radius 2 is 2.12 bits per heavy atom. The Morgan fingerprint density at radius 1 is 1.38 bits per heavy atom. The molecule has 2 unspecified atom stereocenters. The van der Waals surface area contributed by atoms with E-state index in [9.17, 15) is 9.90 Å². The maximum Gasteiger partial charge on any atom is 0.256 e. The van der Waals surface area contributed by atoms with E-state index in [-0.39, 0.29) is 12.0 Å². The average Bonchev–Trinajstić information content (AvgIpc) is 2.64. The van der Waals surface area contributed by atoms with Crippen molar-refractivity contribution in [2.24, 2.45) is 0 Å². The molecule has 1 heterocycles. The van der Waals surface area contributed by atoms with Gasteiger partial charge in [0.2, 0.25) is 0 Å². The maximum absolute atomic E-state index is 12.7. The van der Waals surface area contributed by atoms with Crippen molar-refractivity contribution in [2.45, 2.75) is 25.6 Å². The molecule has 2 aromatic carbocycles. The zero-order valence-corrected chi connectivity index (χ0v) is 16.8. The summed E-state index contributed by atoms with van der Waals surface area (Å²) in [6.07, 6.45) is -0.583. The second-order valence-corrected chi connectivity index (χ2v) is 7.77.